The number of piperidine rings is 1. The number of carbonyl (C=O) groups is 2. The van der Waals surface area contributed by atoms with Crippen LogP contribution in [0.5, 0.6) is 0 Å². The summed E-state index contributed by atoms with van der Waals surface area (Å²) < 4.78 is 0. The number of benzene rings is 2. The summed E-state index contributed by atoms with van der Waals surface area (Å²) in [5.74, 6) is -0.129. The van der Waals surface area contributed by atoms with E-state index in [1.165, 1.54) is 0 Å². The Hall–Kier alpha value is -2.30. The molecule has 0 radical (unpaired) electrons. The number of hydrogen-bond acceptors (Lipinski definition) is 2. The number of nitrogens with one attached hydrogen (secondary N) is 1. The molecule has 0 aromatic heterocycles. The normalized spacial score (nSPS) is 16.0. The molecule has 2 aromatic carbocycles. The van der Waals surface area contributed by atoms with Crippen molar-refractivity contribution in [2.24, 2.45) is 5.92 Å². The smallest absolute Gasteiger partial charge is 0.246 e. The van der Waals surface area contributed by atoms with Crippen molar-refractivity contribution in [1.29, 1.82) is 0 Å². The van der Waals surface area contributed by atoms with Crippen LogP contribution in [0.4, 0.5) is 0 Å². The predicted molar refractivity (Wildman–Crippen MR) is 118 cm³/mol. The minimum Gasteiger partial charge on any atom is -0.349 e. The molecule has 1 N–H and O–H groups in total. The third-order valence-electron chi connectivity index (χ3n) is 5.18. The first kappa shape index (κ1) is 21.4. The van der Waals surface area contributed by atoms with E-state index in [9.17, 15) is 9.59 Å². The lowest BCUT2D eigenvalue weighted by atomic mass is 9.95. The van der Waals surface area contributed by atoms with Gasteiger partial charge in [0.05, 0.1) is 6.04 Å². The van der Waals surface area contributed by atoms with Crippen molar-refractivity contribution in [2.45, 2.75) is 25.8 Å². The molecule has 0 aliphatic carbocycles. The van der Waals surface area contributed by atoms with Crippen LogP contribution in [0.25, 0.3) is 6.08 Å². The molecule has 0 spiro atoms. The van der Waals surface area contributed by atoms with E-state index in [-0.39, 0.29) is 23.8 Å². The quantitative estimate of drug-likeness (QED) is 0.668. The maximum Gasteiger partial charge on any atom is 0.246 e. The highest BCUT2D eigenvalue weighted by atomic mass is 35.5. The number of hydrogen-bond donors (Lipinski definition) is 1. The van der Waals surface area contributed by atoms with Crippen molar-refractivity contribution < 1.29 is 9.59 Å². The monoisotopic (exact) mass is 430 g/mol. The fraction of sp³-hybridized carbons (Fsp3) is 0.304. The van der Waals surface area contributed by atoms with Crippen molar-refractivity contribution in [3.05, 3.63) is 75.8 Å². The lowest BCUT2D eigenvalue weighted by Crippen LogP contribution is -2.43. The Morgan fingerprint density at radius 2 is 1.79 bits per heavy atom. The highest BCUT2D eigenvalue weighted by molar-refractivity contribution is 6.35. The standard InChI is InChI=1S/C23H24Cl2N2O2/c1-16(20-9-8-19(24)15-21(20)25)26-23(29)18-11-13-27(14-12-18)22(28)10-7-17-5-3-2-4-6-17/h2-10,15-16,18H,11-14H2,1H3,(H,26,29)/b10-7+/t16-/m1/s1. The van der Waals surface area contributed by atoms with E-state index in [0.29, 0.717) is 36.0 Å². The second kappa shape index (κ2) is 9.95. The third kappa shape index (κ3) is 5.84. The van der Waals surface area contributed by atoms with Gasteiger partial charge in [-0.05, 0) is 49.1 Å². The van der Waals surface area contributed by atoms with Crippen LogP contribution in [0.15, 0.2) is 54.6 Å². The molecule has 1 atom stereocenters. The minimum absolute atomic E-state index is 0.00422. The summed E-state index contributed by atoms with van der Waals surface area (Å²) in [5, 5.41) is 4.14. The van der Waals surface area contributed by atoms with E-state index in [1.807, 2.05) is 49.4 Å². The predicted octanol–water partition coefficient (Wildman–Crippen LogP) is 5.12. The Bertz CT molecular complexity index is 891. The van der Waals surface area contributed by atoms with Gasteiger partial charge in [0.2, 0.25) is 11.8 Å². The molecule has 152 valence electrons. The van der Waals surface area contributed by atoms with E-state index >= 15 is 0 Å². The first-order valence-corrected chi connectivity index (χ1v) is 10.5. The van der Waals surface area contributed by atoms with Gasteiger partial charge in [-0.3, -0.25) is 9.59 Å². The van der Waals surface area contributed by atoms with Gasteiger partial charge in [0, 0.05) is 35.1 Å². The Morgan fingerprint density at radius 1 is 1.10 bits per heavy atom. The molecule has 3 rings (SSSR count). The van der Waals surface area contributed by atoms with Crippen LogP contribution < -0.4 is 5.32 Å². The molecular formula is C23H24Cl2N2O2. The summed E-state index contributed by atoms with van der Waals surface area (Å²) in [4.78, 5) is 26.8. The Morgan fingerprint density at radius 3 is 2.45 bits per heavy atom. The maximum absolute atomic E-state index is 12.6. The number of halogens is 2. The summed E-state index contributed by atoms with van der Waals surface area (Å²) in [5.41, 5.74) is 1.83. The van der Waals surface area contributed by atoms with Gasteiger partial charge in [0.25, 0.3) is 0 Å². The summed E-state index contributed by atoms with van der Waals surface area (Å²) >= 11 is 12.2. The van der Waals surface area contributed by atoms with Gasteiger partial charge in [-0.15, -0.1) is 0 Å². The van der Waals surface area contributed by atoms with Crippen molar-refractivity contribution in [1.82, 2.24) is 10.2 Å². The number of amides is 2. The molecule has 2 amide bonds. The number of nitrogens with zero attached hydrogens (tertiary/aromatic N) is 1. The molecule has 6 heteroatoms. The molecule has 0 bridgehead atoms. The zero-order valence-electron chi connectivity index (χ0n) is 16.3. The molecule has 4 nitrogen and oxygen atoms in total. The van der Waals surface area contributed by atoms with Crippen LogP contribution in [0.3, 0.4) is 0 Å². The van der Waals surface area contributed by atoms with Gasteiger partial charge < -0.3 is 10.2 Å². The van der Waals surface area contributed by atoms with Gasteiger partial charge in [-0.2, -0.15) is 0 Å². The van der Waals surface area contributed by atoms with Crippen molar-refractivity contribution in [2.75, 3.05) is 13.1 Å². The first-order chi connectivity index (χ1) is 13.9. The fourth-order valence-electron chi connectivity index (χ4n) is 3.46. The Balaban J connectivity index is 1.50. The molecular weight excluding hydrogens is 407 g/mol. The minimum atomic E-state index is -0.208. The zero-order valence-corrected chi connectivity index (χ0v) is 17.8. The lowest BCUT2D eigenvalue weighted by molar-refractivity contribution is -0.132. The lowest BCUT2D eigenvalue weighted by Gasteiger charge is -2.31. The van der Waals surface area contributed by atoms with Crippen molar-refractivity contribution in [3.63, 3.8) is 0 Å². The van der Waals surface area contributed by atoms with E-state index in [4.69, 9.17) is 23.2 Å². The van der Waals surface area contributed by atoms with E-state index < -0.39 is 0 Å². The van der Waals surface area contributed by atoms with Crippen molar-refractivity contribution >= 4 is 41.1 Å². The van der Waals surface area contributed by atoms with E-state index in [2.05, 4.69) is 5.32 Å². The van der Waals surface area contributed by atoms with Crippen LogP contribution >= 0.6 is 23.2 Å². The van der Waals surface area contributed by atoms with Gasteiger partial charge in [0.1, 0.15) is 0 Å². The number of likely N-dealkylation sites (tertiary alicyclic amines) is 1. The molecule has 1 aliphatic rings. The summed E-state index contributed by atoms with van der Waals surface area (Å²) in [6.45, 7) is 3.05. The molecule has 1 saturated heterocycles. The number of carbonyl (C=O) groups excluding carboxylic acids is 2. The molecule has 0 saturated carbocycles. The maximum atomic E-state index is 12.6. The van der Waals surface area contributed by atoms with Gasteiger partial charge in [-0.1, -0.05) is 59.6 Å². The largest absolute Gasteiger partial charge is 0.349 e. The van der Waals surface area contributed by atoms with Crippen LogP contribution in [-0.4, -0.2) is 29.8 Å². The molecule has 1 fully saturated rings. The van der Waals surface area contributed by atoms with Crippen LogP contribution in [0.2, 0.25) is 10.0 Å². The highest BCUT2D eigenvalue weighted by Gasteiger charge is 2.27. The molecule has 2 aromatic rings. The second-order valence-corrected chi connectivity index (χ2v) is 8.08. The topological polar surface area (TPSA) is 49.4 Å². The first-order valence-electron chi connectivity index (χ1n) is 9.71. The summed E-state index contributed by atoms with van der Waals surface area (Å²) in [7, 11) is 0. The molecule has 29 heavy (non-hydrogen) atoms. The Kier molecular flexibility index (Phi) is 7.34. The third-order valence-corrected chi connectivity index (χ3v) is 5.75. The van der Waals surface area contributed by atoms with Crippen LogP contribution in [0.1, 0.15) is 36.9 Å². The summed E-state index contributed by atoms with van der Waals surface area (Å²) in [6.07, 6.45) is 4.72. The highest BCUT2D eigenvalue weighted by Crippen LogP contribution is 2.27. The fourth-order valence-corrected chi connectivity index (χ4v) is 4.03. The zero-order chi connectivity index (χ0) is 20.8. The molecule has 0 unspecified atom stereocenters. The Labute approximate surface area is 181 Å². The van der Waals surface area contributed by atoms with Gasteiger partial charge in [-0.25, -0.2) is 0 Å². The summed E-state index contributed by atoms with van der Waals surface area (Å²) in [6, 6.07) is 14.8. The SMILES string of the molecule is C[C@@H](NC(=O)C1CCN(C(=O)/C=C/c2ccccc2)CC1)c1ccc(Cl)cc1Cl. The average molecular weight is 431 g/mol. The van der Waals surface area contributed by atoms with Gasteiger partial charge in [0.15, 0.2) is 0 Å². The van der Waals surface area contributed by atoms with Crippen molar-refractivity contribution in [3.8, 4) is 0 Å². The molecule has 1 heterocycles. The molecule has 1 aliphatic heterocycles. The van der Waals surface area contributed by atoms with Gasteiger partial charge >= 0.3 is 0 Å². The van der Waals surface area contributed by atoms with Crippen LogP contribution in [-0.2, 0) is 9.59 Å². The van der Waals surface area contributed by atoms with E-state index in [0.717, 1.165) is 11.1 Å². The van der Waals surface area contributed by atoms with E-state index in [1.54, 1.807) is 23.1 Å². The number of rotatable bonds is 5. The average Bonchev–Trinajstić information content (AvgIpc) is 2.72. The van der Waals surface area contributed by atoms with Crippen LogP contribution in [0, 0.1) is 5.92 Å². The second-order valence-electron chi connectivity index (χ2n) is 7.24.